The van der Waals surface area contributed by atoms with Gasteiger partial charge in [-0.25, -0.2) is 0 Å². The van der Waals surface area contributed by atoms with Crippen molar-refractivity contribution < 1.29 is 19.5 Å². The van der Waals surface area contributed by atoms with E-state index in [-0.39, 0.29) is 31.2 Å². The molecule has 0 bridgehead atoms. The molecule has 0 spiro atoms. The first kappa shape index (κ1) is 16.4. The second-order valence-electron chi connectivity index (χ2n) is 5.11. The molecule has 0 saturated heterocycles. The first-order chi connectivity index (χ1) is 8.18. The van der Waals surface area contributed by atoms with E-state index in [2.05, 4.69) is 5.32 Å². The van der Waals surface area contributed by atoms with E-state index in [1.54, 1.807) is 20.8 Å². The molecule has 0 aliphatic heterocycles. The van der Waals surface area contributed by atoms with Crippen LogP contribution in [0.25, 0.3) is 0 Å². The molecule has 0 aromatic heterocycles. The molecule has 0 aromatic carbocycles. The van der Waals surface area contributed by atoms with E-state index >= 15 is 0 Å². The van der Waals surface area contributed by atoms with Crippen molar-refractivity contribution >= 4 is 17.8 Å². The van der Waals surface area contributed by atoms with Crippen LogP contribution in [0.1, 0.15) is 33.6 Å². The number of carboxylic acids is 1. The van der Waals surface area contributed by atoms with Crippen molar-refractivity contribution in [3.8, 4) is 0 Å². The Kier molecular flexibility index (Phi) is 6.36. The van der Waals surface area contributed by atoms with E-state index < -0.39 is 11.4 Å². The Morgan fingerprint density at radius 1 is 1.22 bits per heavy atom. The minimum absolute atomic E-state index is 0.00414. The third kappa shape index (κ3) is 6.88. The van der Waals surface area contributed by atoms with E-state index in [1.165, 1.54) is 11.9 Å². The van der Waals surface area contributed by atoms with Gasteiger partial charge in [-0.15, -0.1) is 0 Å². The van der Waals surface area contributed by atoms with Crippen molar-refractivity contribution in [3.63, 3.8) is 0 Å². The number of nitrogens with one attached hydrogen (secondary N) is 1. The van der Waals surface area contributed by atoms with Crippen LogP contribution >= 0.6 is 0 Å². The van der Waals surface area contributed by atoms with Crippen LogP contribution < -0.4 is 5.32 Å². The van der Waals surface area contributed by atoms with E-state index in [9.17, 15) is 14.4 Å². The average molecular weight is 258 g/mol. The zero-order chi connectivity index (χ0) is 14.3. The Hall–Kier alpha value is -1.59. The molecule has 6 nitrogen and oxygen atoms in total. The van der Waals surface area contributed by atoms with Crippen molar-refractivity contribution in [2.24, 2.45) is 5.41 Å². The minimum atomic E-state index is -0.931. The molecular formula is C12H22N2O4. The number of amides is 2. The van der Waals surface area contributed by atoms with Crippen LogP contribution in [0, 0.1) is 5.41 Å². The molecule has 0 heterocycles. The fourth-order valence-corrected chi connectivity index (χ4v) is 1.57. The smallest absolute Gasteiger partial charge is 0.303 e. The molecule has 0 radical (unpaired) electrons. The number of hydrogen-bond acceptors (Lipinski definition) is 3. The van der Waals surface area contributed by atoms with Gasteiger partial charge in [-0.2, -0.15) is 0 Å². The largest absolute Gasteiger partial charge is 0.481 e. The first-order valence-corrected chi connectivity index (χ1v) is 5.90. The van der Waals surface area contributed by atoms with Crippen molar-refractivity contribution in [2.45, 2.75) is 33.6 Å². The van der Waals surface area contributed by atoms with Crippen LogP contribution in [0.4, 0.5) is 0 Å². The second kappa shape index (κ2) is 6.98. The minimum Gasteiger partial charge on any atom is -0.481 e. The van der Waals surface area contributed by atoms with Crippen LogP contribution in [-0.4, -0.2) is 47.9 Å². The van der Waals surface area contributed by atoms with E-state index in [0.717, 1.165) is 0 Å². The lowest BCUT2D eigenvalue weighted by atomic mass is 9.85. The van der Waals surface area contributed by atoms with Crippen LogP contribution in [0.2, 0.25) is 0 Å². The van der Waals surface area contributed by atoms with Crippen LogP contribution in [-0.2, 0) is 14.4 Å². The predicted molar refractivity (Wildman–Crippen MR) is 67.0 cm³/mol. The van der Waals surface area contributed by atoms with Crippen LogP contribution in [0.3, 0.4) is 0 Å². The lowest BCUT2D eigenvalue weighted by Crippen LogP contribution is -2.39. The Morgan fingerprint density at radius 3 is 2.22 bits per heavy atom. The molecule has 0 aromatic rings. The molecule has 0 fully saturated rings. The third-order valence-electron chi connectivity index (χ3n) is 2.44. The molecule has 18 heavy (non-hydrogen) atoms. The van der Waals surface area contributed by atoms with Gasteiger partial charge in [0.2, 0.25) is 11.8 Å². The molecule has 2 amide bonds. The Labute approximate surface area is 107 Å². The number of aliphatic carboxylic acids is 1. The molecule has 0 unspecified atom stereocenters. The number of likely N-dealkylation sites (N-methyl/N-ethyl adjacent to an activating group) is 2. The van der Waals surface area contributed by atoms with Gasteiger partial charge in [-0.05, 0) is 12.3 Å². The summed E-state index contributed by atoms with van der Waals surface area (Å²) in [7, 11) is 1.54. The summed E-state index contributed by atoms with van der Waals surface area (Å²) in [5, 5.41) is 11.3. The zero-order valence-corrected chi connectivity index (χ0v) is 11.4. The highest BCUT2D eigenvalue weighted by Gasteiger charge is 2.27. The predicted octanol–water partition coefficient (Wildman–Crippen LogP) is 0.472. The third-order valence-corrected chi connectivity index (χ3v) is 2.44. The summed E-state index contributed by atoms with van der Waals surface area (Å²) in [5.41, 5.74) is -0.613. The molecule has 104 valence electrons. The Bertz CT molecular complexity index is 326. The monoisotopic (exact) mass is 258 g/mol. The summed E-state index contributed by atoms with van der Waals surface area (Å²) in [6.45, 7) is 5.76. The highest BCUT2D eigenvalue weighted by Crippen LogP contribution is 2.25. The van der Waals surface area contributed by atoms with Crippen molar-refractivity contribution in [3.05, 3.63) is 0 Å². The van der Waals surface area contributed by atoms with Crippen molar-refractivity contribution in [1.29, 1.82) is 0 Å². The standard InChI is InChI=1S/C12H22N2O4/c1-5-13-9(15)8-14(4)10(16)6-12(2,3)7-11(17)18/h5-8H2,1-4H3,(H,13,15)(H,17,18). The number of nitrogens with zero attached hydrogens (tertiary/aromatic N) is 1. The normalized spacial score (nSPS) is 10.9. The van der Waals surface area contributed by atoms with Crippen molar-refractivity contribution in [1.82, 2.24) is 10.2 Å². The van der Waals surface area contributed by atoms with Gasteiger partial charge in [0.05, 0.1) is 13.0 Å². The van der Waals surface area contributed by atoms with Crippen LogP contribution in [0.5, 0.6) is 0 Å². The number of hydrogen-bond donors (Lipinski definition) is 2. The summed E-state index contributed by atoms with van der Waals surface area (Å²) in [4.78, 5) is 35.1. The molecular weight excluding hydrogens is 236 g/mol. The van der Waals surface area contributed by atoms with Gasteiger partial charge in [0.1, 0.15) is 0 Å². The molecule has 0 atom stereocenters. The molecule has 0 rings (SSSR count). The number of carbonyl (C=O) groups is 3. The fourth-order valence-electron chi connectivity index (χ4n) is 1.57. The van der Waals surface area contributed by atoms with Gasteiger partial charge in [-0.3, -0.25) is 14.4 Å². The molecule has 6 heteroatoms. The molecule has 2 N–H and O–H groups in total. The zero-order valence-electron chi connectivity index (χ0n) is 11.4. The second-order valence-corrected chi connectivity index (χ2v) is 5.11. The van der Waals surface area contributed by atoms with Gasteiger partial charge < -0.3 is 15.3 Å². The van der Waals surface area contributed by atoms with Crippen molar-refractivity contribution in [2.75, 3.05) is 20.1 Å². The Morgan fingerprint density at radius 2 is 1.78 bits per heavy atom. The van der Waals surface area contributed by atoms with Crippen LogP contribution in [0.15, 0.2) is 0 Å². The van der Waals surface area contributed by atoms with E-state index in [4.69, 9.17) is 5.11 Å². The van der Waals surface area contributed by atoms with Gasteiger partial charge in [0.15, 0.2) is 0 Å². The summed E-state index contributed by atoms with van der Waals surface area (Å²) in [6, 6.07) is 0. The fraction of sp³-hybridized carbons (Fsp3) is 0.750. The van der Waals surface area contributed by atoms with Gasteiger partial charge in [-0.1, -0.05) is 13.8 Å². The summed E-state index contributed by atoms with van der Waals surface area (Å²) in [5.74, 6) is -1.38. The molecule has 0 aliphatic carbocycles. The van der Waals surface area contributed by atoms with Gasteiger partial charge in [0, 0.05) is 20.0 Å². The summed E-state index contributed by atoms with van der Waals surface area (Å²) < 4.78 is 0. The lowest BCUT2D eigenvalue weighted by Gasteiger charge is -2.25. The summed E-state index contributed by atoms with van der Waals surface area (Å²) >= 11 is 0. The average Bonchev–Trinajstić information content (AvgIpc) is 2.14. The molecule has 0 aliphatic rings. The number of carbonyl (C=O) groups excluding carboxylic acids is 2. The first-order valence-electron chi connectivity index (χ1n) is 5.90. The Balaban J connectivity index is 4.30. The number of rotatable bonds is 7. The maximum absolute atomic E-state index is 11.8. The van der Waals surface area contributed by atoms with Gasteiger partial charge in [0.25, 0.3) is 0 Å². The SMILES string of the molecule is CCNC(=O)CN(C)C(=O)CC(C)(C)CC(=O)O. The quantitative estimate of drug-likeness (QED) is 0.695. The van der Waals surface area contributed by atoms with E-state index in [0.29, 0.717) is 6.54 Å². The van der Waals surface area contributed by atoms with E-state index in [1.807, 2.05) is 0 Å². The topological polar surface area (TPSA) is 86.7 Å². The maximum Gasteiger partial charge on any atom is 0.303 e. The maximum atomic E-state index is 11.8. The highest BCUT2D eigenvalue weighted by molar-refractivity contribution is 5.85. The number of carboxylic acid groups (broad SMARTS) is 1. The summed E-state index contributed by atoms with van der Waals surface area (Å²) in [6.07, 6.45) is 0.0307. The molecule has 0 saturated carbocycles. The van der Waals surface area contributed by atoms with Gasteiger partial charge >= 0.3 is 5.97 Å². The highest BCUT2D eigenvalue weighted by atomic mass is 16.4. The lowest BCUT2D eigenvalue weighted by molar-refractivity contribution is -0.141.